The minimum absolute atomic E-state index is 0.221. The molecular weight excluding hydrogens is 417 g/mol. The molecule has 0 nitrogen and oxygen atoms in total. The maximum atomic E-state index is 2.28. The molecule has 0 unspecified atom stereocenters. The molecule has 0 saturated heterocycles. The zero-order chi connectivity index (χ0) is 20.1. The molecule has 0 N–H and O–H groups in total. The Bertz CT molecular complexity index is 998. The minimum atomic E-state index is 0.221. The Labute approximate surface area is 184 Å². The molecular formula is C24H26S4. The summed E-state index contributed by atoms with van der Waals surface area (Å²) in [7, 11) is 0. The van der Waals surface area contributed by atoms with E-state index in [1.54, 1.807) is 0 Å². The summed E-state index contributed by atoms with van der Waals surface area (Å²) in [4.78, 5) is 11.1. The van der Waals surface area contributed by atoms with Crippen molar-refractivity contribution in [3.63, 3.8) is 0 Å². The lowest BCUT2D eigenvalue weighted by atomic mass is 9.95. The summed E-state index contributed by atoms with van der Waals surface area (Å²) < 4.78 is 0. The van der Waals surface area contributed by atoms with Gasteiger partial charge in [0.1, 0.15) is 0 Å². The Morgan fingerprint density at radius 2 is 0.643 bits per heavy atom. The van der Waals surface area contributed by atoms with Gasteiger partial charge in [0.2, 0.25) is 0 Å². The average Bonchev–Trinajstić information content (AvgIpc) is 3.38. The molecule has 0 saturated carbocycles. The van der Waals surface area contributed by atoms with Crippen LogP contribution >= 0.6 is 45.3 Å². The van der Waals surface area contributed by atoms with E-state index in [4.69, 9.17) is 0 Å². The Morgan fingerprint density at radius 1 is 0.393 bits per heavy atom. The highest BCUT2D eigenvalue weighted by atomic mass is 32.1. The Balaban J connectivity index is 1.58. The van der Waals surface area contributed by atoms with E-state index in [0.29, 0.717) is 0 Å². The fourth-order valence-electron chi connectivity index (χ4n) is 2.95. The maximum Gasteiger partial charge on any atom is 0.0449 e. The van der Waals surface area contributed by atoms with E-state index < -0.39 is 0 Å². The van der Waals surface area contributed by atoms with Gasteiger partial charge in [0.25, 0.3) is 0 Å². The van der Waals surface area contributed by atoms with Crippen LogP contribution in [0.15, 0.2) is 48.5 Å². The summed E-state index contributed by atoms with van der Waals surface area (Å²) in [5.41, 5.74) is 0.441. The zero-order valence-corrected chi connectivity index (χ0v) is 20.5. The predicted molar refractivity (Wildman–Crippen MR) is 132 cm³/mol. The smallest absolute Gasteiger partial charge is 0.0449 e. The third-order valence-corrected chi connectivity index (χ3v) is 10.4. The molecule has 0 radical (unpaired) electrons. The number of thiophene rings is 4. The van der Waals surface area contributed by atoms with Crippen LogP contribution in [0.2, 0.25) is 0 Å². The highest BCUT2D eigenvalue weighted by molar-refractivity contribution is 7.28. The van der Waals surface area contributed by atoms with Gasteiger partial charge in [-0.1, -0.05) is 41.5 Å². The molecule has 0 fully saturated rings. The lowest BCUT2D eigenvalue weighted by molar-refractivity contribution is 0.603. The van der Waals surface area contributed by atoms with Crippen LogP contribution in [0.1, 0.15) is 51.3 Å². The molecule has 146 valence electrons. The first-order valence-electron chi connectivity index (χ1n) is 9.53. The zero-order valence-electron chi connectivity index (χ0n) is 17.3. The van der Waals surface area contributed by atoms with Crippen LogP contribution in [-0.4, -0.2) is 0 Å². The van der Waals surface area contributed by atoms with Crippen molar-refractivity contribution in [2.24, 2.45) is 0 Å². The van der Waals surface area contributed by atoms with Gasteiger partial charge in [-0.25, -0.2) is 0 Å². The van der Waals surface area contributed by atoms with Gasteiger partial charge >= 0.3 is 0 Å². The van der Waals surface area contributed by atoms with Gasteiger partial charge in [0.05, 0.1) is 0 Å². The van der Waals surface area contributed by atoms with Gasteiger partial charge < -0.3 is 0 Å². The van der Waals surface area contributed by atoms with Gasteiger partial charge in [-0.3, -0.25) is 0 Å². The second-order valence-corrected chi connectivity index (χ2v) is 13.5. The lowest BCUT2D eigenvalue weighted by Gasteiger charge is -2.15. The van der Waals surface area contributed by atoms with Crippen LogP contribution in [0.3, 0.4) is 0 Å². The van der Waals surface area contributed by atoms with Gasteiger partial charge in [0, 0.05) is 39.0 Å². The summed E-state index contributed by atoms with van der Waals surface area (Å²) in [5, 5.41) is 0. The summed E-state index contributed by atoms with van der Waals surface area (Å²) >= 11 is 7.66. The first kappa shape index (κ1) is 20.1. The molecule has 0 atom stereocenters. The van der Waals surface area contributed by atoms with E-state index in [1.807, 2.05) is 45.3 Å². The van der Waals surface area contributed by atoms with Crippen LogP contribution in [0.25, 0.3) is 29.3 Å². The van der Waals surface area contributed by atoms with Crippen molar-refractivity contribution in [3.05, 3.63) is 58.3 Å². The normalized spacial score (nSPS) is 12.6. The molecule has 4 heteroatoms. The quantitative estimate of drug-likeness (QED) is 0.296. The van der Waals surface area contributed by atoms with Crippen molar-refractivity contribution in [2.75, 3.05) is 0 Å². The summed E-state index contributed by atoms with van der Waals surface area (Å²) in [6.45, 7) is 13.7. The van der Waals surface area contributed by atoms with E-state index in [2.05, 4.69) is 90.1 Å². The number of hydrogen-bond acceptors (Lipinski definition) is 4. The second kappa shape index (κ2) is 7.24. The lowest BCUT2D eigenvalue weighted by Crippen LogP contribution is -2.07. The van der Waals surface area contributed by atoms with Crippen molar-refractivity contribution in [1.29, 1.82) is 0 Å². The van der Waals surface area contributed by atoms with Crippen LogP contribution in [0.5, 0.6) is 0 Å². The molecule has 4 rings (SSSR count). The largest absolute Gasteiger partial charge is 0.139 e. The molecule has 0 aromatic carbocycles. The minimum Gasteiger partial charge on any atom is -0.139 e. The van der Waals surface area contributed by atoms with E-state index in [0.717, 1.165) is 0 Å². The average molecular weight is 443 g/mol. The van der Waals surface area contributed by atoms with Crippen LogP contribution in [0.4, 0.5) is 0 Å². The summed E-state index contributed by atoms with van der Waals surface area (Å²) in [6, 6.07) is 18.2. The molecule has 4 aromatic heterocycles. The van der Waals surface area contributed by atoms with Crippen molar-refractivity contribution >= 4 is 45.3 Å². The molecule has 0 aliphatic heterocycles. The van der Waals surface area contributed by atoms with Crippen molar-refractivity contribution in [3.8, 4) is 29.3 Å². The van der Waals surface area contributed by atoms with Crippen LogP contribution in [0, 0.1) is 0 Å². The van der Waals surface area contributed by atoms with Crippen LogP contribution in [-0.2, 0) is 10.8 Å². The van der Waals surface area contributed by atoms with E-state index in [1.165, 1.54) is 39.0 Å². The third kappa shape index (κ3) is 4.06. The van der Waals surface area contributed by atoms with Gasteiger partial charge in [-0.2, -0.15) is 0 Å². The second-order valence-electron chi connectivity index (χ2n) is 9.16. The maximum absolute atomic E-state index is 2.28. The molecule has 0 amide bonds. The highest BCUT2D eigenvalue weighted by Crippen LogP contribution is 2.44. The highest BCUT2D eigenvalue weighted by Gasteiger charge is 2.19. The molecule has 4 aromatic rings. The van der Waals surface area contributed by atoms with Gasteiger partial charge in [0.15, 0.2) is 0 Å². The fraction of sp³-hybridized carbons (Fsp3) is 0.333. The first-order chi connectivity index (χ1) is 13.1. The topological polar surface area (TPSA) is 0 Å². The standard InChI is InChI=1S/C24H26S4/c1-23(2,3)21-13-11-19(27-21)17-9-7-15(25-17)16-8-10-18(26-16)20-12-14-22(28-20)24(4,5)6/h7-14H,1-6H3. The van der Waals surface area contributed by atoms with Crippen molar-refractivity contribution < 1.29 is 0 Å². The number of rotatable bonds is 3. The molecule has 4 heterocycles. The Hall–Kier alpha value is -1.20. The SMILES string of the molecule is CC(C)(C)c1ccc(-c2ccc(-c3ccc(-c4ccc(C(C)(C)C)s4)s3)s2)s1. The summed E-state index contributed by atoms with van der Waals surface area (Å²) in [5.74, 6) is 0. The molecule has 0 spiro atoms. The van der Waals surface area contributed by atoms with Gasteiger partial charge in [-0.15, -0.1) is 45.3 Å². The molecule has 0 aliphatic rings. The Kier molecular flexibility index (Phi) is 5.20. The van der Waals surface area contributed by atoms with E-state index in [9.17, 15) is 0 Å². The predicted octanol–water partition coefficient (Wildman–Crippen LogP) is 9.53. The van der Waals surface area contributed by atoms with Gasteiger partial charge in [-0.05, 0) is 59.4 Å². The number of hydrogen-bond donors (Lipinski definition) is 0. The Morgan fingerprint density at radius 3 is 0.893 bits per heavy atom. The molecule has 0 aliphatic carbocycles. The summed E-state index contributed by atoms with van der Waals surface area (Å²) in [6.07, 6.45) is 0. The molecule has 0 bridgehead atoms. The van der Waals surface area contributed by atoms with E-state index in [-0.39, 0.29) is 10.8 Å². The molecule has 28 heavy (non-hydrogen) atoms. The van der Waals surface area contributed by atoms with Crippen molar-refractivity contribution in [1.82, 2.24) is 0 Å². The first-order valence-corrected chi connectivity index (χ1v) is 12.8. The van der Waals surface area contributed by atoms with Crippen LogP contribution < -0.4 is 0 Å². The monoisotopic (exact) mass is 442 g/mol. The third-order valence-electron chi connectivity index (χ3n) is 4.63. The fourth-order valence-corrected chi connectivity index (χ4v) is 7.36. The van der Waals surface area contributed by atoms with Crippen molar-refractivity contribution in [2.45, 2.75) is 52.4 Å². The van der Waals surface area contributed by atoms with E-state index >= 15 is 0 Å².